The van der Waals surface area contributed by atoms with Gasteiger partial charge in [-0.3, -0.25) is 14.3 Å². The van der Waals surface area contributed by atoms with Crippen molar-refractivity contribution in [2.75, 3.05) is 7.11 Å². The summed E-state index contributed by atoms with van der Waals surface area (Å²) in [7, 11) is 1.10. The molecule has 13 nitrogen and oxygen atoms in total. The average molecular weight is 539 g/mol. The number of aliphatic hydroxyl groups is 2. The van der Waals surface area contributed by atoms with Gasteiger partial charge in [0.1, 0.15) is 30.0 Å². The molecule has 0 aromatic rings. The highest BCUT2D eigenvalue weighted by atomic mass is 16.9. The number of carbonyl (C=O) groups is 4. The number of methoxy groups -OCH3 is 1. The van der Waals surface area contributed by atoms with Crippen LogP contribution in [0.25, 0.3) is 0 Å². The summed E-state index contributed by atoms with van der Waals surface area (Å²) in [6, 6.07) is 0. The highest BCUT2D eigenvalue weighted by Gasteiger charge is 2.90. The van der Waals surface area contributed by atoms with Crippen LogP contribution in [0.15, 0.2) is 23.8 Å². The minimum absolute atomic E-state index is 0.0156. The molecule has 3 saturated heterocycles. The zero-order valence-corrected chi connectivity index (χ0v) is 21.5. The third-order valence-corrected chi connectivity index (χ3v) is 8.00. The van der Waals surface area contributed by atoms with Crippen molar-refractivity contribution in [2.24, 2.45) is 5.92 Å². The van der Waals surface area contributed by atoms with E-state index in [4.69, 9.17) is 33.2 Å². The molecule has 38 heavy (non-hydrogen) atoms. The van der Waals surface area contributed by atoms with Crippen LogP contribution in [-0.4, -0.2) is 94.5 Å². The van der Waals surface area contributed by atoms with E-state index in [1.807, 2.05) is 0 Å². The van der Waals surface area contributed by atoms with E-state index in [2.05, 4.69) is 6.58 Å². The number of esters is 4. The van der Waals surface area contributed by atoms with E-state index in [0.717, 1.165) is 21.0 Å². The van der Waals surface area contributed by atoms with E-state index in [0.29, 0.717) is 0 Å². The Balaban J connectivity index is 1.68. The standard InChI is InChI=1S/C25H30O13/c1-10(18(29)32-6)14-8-16(33-11(2)26)15-7-13(34-19(15)30)9-22(4)20(36-22)24(31)21-23(5,37-21)25(38-24,17(14)28)35-12(3)27/h7,13-14,16-17,20-21,28,31H,1,8-9H2,2-6H3/t13-,14+,16-,17+,20+,21+,22-,23-,24+,25-/m1/s1. The van der Waals surface area contributed by atoms with E-state index in [1.54, 1.807) is 6.92 Å². The Morgan fingerprint density at radius 2 is 1.82 bits per heavy atom. The lowest BCUT2D eigenvalue weighted by atomic mass is 9.78. The Bertz CT molecular complexity index is 1160. The monoisotopic (exact) mass is 538 g/mol. The molecule has 13 heteroatoms. The van der Waals surface area contributed by atoms with E-state index < -0.39 is 83.1 Å². The molecule has 0 saturated carbocycles. The Morgan fingerprint density at radius 3 is 2.42 bits per heavy atom. The molecule has 10 atom stereocenters. The van der Waals surface area contributed by atoms with Gasteiger partial charge in [0.25, 0.3) is 5.79 Å². The number of aliphatic hydroxyl groups excluding tert-OH is 1. The summed E-state index contributed by atoms with van der Waals surface area (Å²) in [6.07, 6.45) is -4.93. The van der Waals surface area contributed by atoms with E-state index in [-0.39, 0.29) is 24.0 Å². The van der Waals surface area contributed by atoms with Gasteiger partial charge >= 0.3 is 23.9 Å². The first-order chi connectivity index (χ1) is 17.6. The van der Waals surface area contributed by atoms with Gasteiger partial charge < -0.3 is 38.6 Å². The molecule has 0 aromatic carbocycles. The van der Waals surface area contributed by atoms with Crippen LogP contribution in [0.1, 0.15) is 40.5 Å². The second-order valence-electron chi connectivity index (χ2n) is 10.7. The molecule has 0 radical (unpaired) electrons. The maximum Gasteiger partial charge on any atom is 0.338 e. The first-order valence-corrected chi connectivity index (χ1v) is 12.1. The van der Waals surface area contributed by atoms with E-state index in [1.165, 1.54) is 13.0 Å². The normalized spacial score (nSPS) is 46.5. The lowest BCUT2D eigenvalue weighted by Gasteiger charge is -2.42. The highest BCUT2D eigenvalue weighted by Crippen LogP contribution is 2.67. The van der Waals surface area contributed by atoms with Gasteiger partial charge in [-0.15, -0.1) is 0 Å². The quantitative estimate of drug-likeness (QED) is 0.204. The number of hydrogen-bond acceptors (Lipinski definition) is 13. The second-order valence-corrected chi connectivity index (χ2v) is 10.7. The van der Waals surface area contributed by atoms with Gasteiger partial charge in [0.2, 0.25) is 5.79 Å². The molecule has 4 bridgehead atoms. The van der Waals surface area contributed by atoms with Crippen LogP contribution in [0.2, 0.25) is 0 Å². The molecule has 2 N–H and O–H groups in total. The Hall–Kier alpha value is -2.84. The Morgan fingerprint density at radius 1 is 1.13 bits per heavy atom. The minimum atomic E-state index is -2.35. The number of epoxide rings is 2. The van der Waals surface area contributed by atoms with Crippen LogP contribution in [0.3, 0.4) is 0 Å². The molecule has 0 spiro atoms. The van der Waals surface area contributed by atoms with Crippen molar-refractivity contribution >= 4 is 23.9 Å². The SMILES string of the molecule is C=C(C(=O)OC)[C@@H]1C[C@@H](OC(C)=O)C2=C[C@H](C[C@@]3(C)O[C@@H]3[C@]3(O)O[C@](OC(C)=O)([C@H]1O)[C@]1(C)O[C@H]31)OC2=O. The largest absolute Gasteiger partial charge is 0.466 e. The minimum Gasteiger partial charge on any atom is -0.466 e. The van der Waals surface area contributed by atoms with Crippen LogP contribution in [0.4, 0.5) is 0 Å². The molecular formula is C25H30O13. The first kappa shape index (κ1) is 26.8. The first-order valence-electron chi connectivity index (χ1n) is 12.1. The summed E-state index contributed by atoms with van der Waals surface area (Å²) in [4.78, 5) is 49.8. The fourth-order valence-corrected chi connectivity index (χ4v) is 6.13. The topological polar surface area (TPSA) is 180 Å². The van der Waals surface area contributed by atoms with Gasteiger partial charge in [0, 0.05) is 31.8 Å². The predicted octanol–water partition coefficient (Wildman–Crippen LogP) is -0.437. The maximum absolute atomic E-state index is 12.9. The summed E-state index contributed by atoms with van der Waals surface area (Å²) in [5.41, 5.74) is -2.94. The zero-order chi connectivity index (χ0) is 28.0. The Kier molecular flexibility index (Phi) is 5.86. The number of ether oxygens (including phenoxy) is 7. The highest BCUT2D eigenvalue weighted by molar-refractivity contribution is 5.93. The second kappa shape index (κ2) is 8.33. The number of hydrogen-bond donors (Lipinski definition) is 2. The number of fused-ring (bicyclic) bond motifs is 8. The third kappa shape index (κ3) is 3.71. The molecule has 0 aliphatic carbocycles. The fraction of sp³-hybridized carbons (Fsp3) is 0.680. The lowest BCUT2D eigenvalue weighted by molar-refractivity contribution is -0.372. The molecule has 3 fully saturated rings. The number of carbonyl (C=O) groups excluding carboxylic acids is 4. The van der Waals surface area contributed by atoms with Crippen LogP contribution >= 0.6 is 0 Å². The van der Waals surface area contributed by atoms with E-state index in [9.17, 15) is 29.4 Å². The summed E-state index contributed by atoms with van der Waals surface area (Å²) < 4.78 is 39.0. The molecular weight excluding hydrogens is 508 g/mol. The van der Waals surface area contributed by atoms with Crippen molar-refractivity contribution in [3.05, 3.63) is 23.8 Å². The average Bonchev–Trinajstić information content (AvgIpc) is 3.65. The van der Waals surface area contributed by atoms with Gasteiger partial charge in [0.15, 0.2) is 11.7 Å². The van der Waals surface area contributed by atoms with Gasteiger partial charge in [-0.05, 0) is 26.3 Å². The fourth-order valence-electron chi connectivity index (χ4n) is 6.13. The summed E-state index contributed by atoms with van der Waals surface area (Å²) in [5, 5.41) is 23.6. The summed E-state index contributed by atoms with van der Waals surface area (Å²) >= 11 is 0. The van der Waals surface area contributed by atoms with E-state index >= 15 is 0 Å². The molecule has 5 aliphatic heterocycles. The van der Waals surface area contributed by atoms with Crippen molar-refractivity contribution in [3.63, 3.8) is 0 Å². The van der Waals surface area contributed by atoms with Gasteiger partial charge in [-0.2, -0.15) is 0 Å². The smallest absolute Gasteiger partial charge is 0.338 e. The van der Waals surface area contributed by atoms with Crippen molar-refractivity contribution in [3.8, 4) is 0 Å². The Labute approximate surface area is 217 Å². The van der Waals surface area contributed by atoms with Crippen molar-refractivity contribution in [1.29, 1.82) is 0 Å². The molecule has 5 rings (SSSR count). The molecule has 0 unspecified atom stereocenters. The van der Waals surface area contributed by atoms with Gasteiger partial charge in [-0.1, -0.05) is 6.58 Å². The summed E-state index contributed by atoms with van der Waals surface area (Å²) in [5.74, 6) is -9.24. The number of rotatable bonds is 4. The van der Waals surface area contributed by atoms with Crippen LogP contribution in [0.5, 0.6) is 0 Å². The van der Waals surface area contributed by atoms with Gasteiger partial charge in [0.05, 0.1) is 12.7 Å². The van der Waals surface area contributed by atoms with Crippen molar-refractivity contribution < 1.29 is 62.5 Å². The van der Waals surface area contributed by atoms with Crippen LogP contribution in [-0.2, 0) is 52.3 Å². The van der Waals surface area contributed by atoms with Crippen molar-refractivity contribution in [2.45, 2.75) is 93.8 Å². The van der Waals surface area contributed by atoms with Crippen LogP contribution in [0, 0.1) is 5.92 Å². The zero-order valence-electron chi connectivity index (χ0n) is 21.5. The van der Waals surface area contributed by atoms with Crippen molar-refractivity contribution in [1.82, 2.24) is 0 Å². The molecule has 5 aliphatic rings. The molecule has 0 amide bonds. The summed E-state index contributed by atoms with van der Waals surface area (Å²) in [6.45, 7) is 9.11. The third-order valence-electron chi connectivity index (χ3n) is 8.00. The maximum atomic E-state index is 12.9. The van der Waals surface area contributed by atoms with Gasteiger partial charge in [-0.25, -0.2) is 9.59 Å². The molecule has 208 valence electrons. The molecule has 5 heterocycles. The predicted molar refractivity (Wildman–Crippen MR) is 120 cm³/mol. The van der Waals surface area contributed by atoms with Crippen LogP contribution < -0.4 is 0 Å². The lowest BCUT2D eigenvalue weighted by Crippen LogP contribution is -2.61. The molecule has 0 aromatic heterocycles.